The maximum absolute atomic E-state index is 5.77. The predicted molar refractivity (Wildman–Crippen MR) is 74.2 cm³/mol. The van der Waals surface area contributed by atoms with Gasteiger partial charge in [-0.3, -0.25) is 0 Å². The number of rotatable bonds is 4. The molecular formula is C12H17IN2. The second-order valence-electron chi connectivity index (χ2n) is 4.14. The van der Waals surface area contributed by atoms with Crippen molar-refractivity contribution in [1.29, 1.82) is 0 Å². The van der Waals surface area contributed by atoms with Gasteiger partial charge in [-0.2, -0.15) is 0 Å². The summed E-state index contributed by atoms with van der Waals surface area (Å²) in [6, 6.07) is 7.00. The van der Waals surface area contributed by atoms with Crippen LogP contribution in [0.1, 0.15) is 26.2 Å². The molecule has 2 nitrogen and oxygen atoms in total. The zero-order valence-corrected chi connectivity index (χ0v) is 11.2. The number of hydrogen-bond acceptors (Lipinski definition) is 2. The number of nitrogen functional groups attached to an aromatic ring is 1. The van der Waals surface area contributed by atoms with Crippen molar-refractivity contribution in [3.05, 3.63) is 21.8 Å². The van der Waals surface area contributed by atoms with E-state index < -0.39 is 0 Å². The van der Waals surface area contributed by atoms with Gasteiger partial charge >= 0.3 is 0 Å². The fourth-order valence-electron chi connectivity index (χ4n) is 1.88. The molecule has 0 aliphatic heterocycles. The van der Waals surface area contributed by atoms with Gasteiger partial charge in [-0.15, -0.1) is 0 Å². The Balaban J connectivity index is 2.24. The van der Waals surface area contributed by atoms with Gasteiger partial charge in [-0.1, -0.05) is 6.92 Å². The number of nitrogens with zero attached hydrogens (tertiary/aromatic N) is 1. The Morgan fingerprint density at radius 2 is 2.20 bits per heavy atom. The van der Waals surface area contributed by atoms with E-state index in [1.54, 1.807) is 0 Å². The van der Waals surface area contributed by atoms with Crippen LogP contribution in [0.5, 0.6) is 0 Å². The van der Waals surface area contributed by atoms with Crippen molar-refractivity contribution >= 4 is 34.0 Å². The molecule has 0 saturated heterocycles. The molecule has 2 rings (SSSR count). The first-order valence-corrected chi connectivity index (χ1v) is 6.62. The summed E-state index contributed by atoms with van der Waals surface area (Å²) in [7, 11) is 0. The quantitative estimate of drug-likeness (QED) is 0.682. The number of nitrogens with two attached hydrogens (primary N) is 1. The molecule has 0 aromatic heterocycles. The second-order valence-corrected chi connectivity index (χ2v) is 5.30. The Bertz CT molecular complexity index is 347. The van der Waals surface area contributed by atoms with Crippen LogP contribution in [0.2, 0.25) is 0 Å². The Morgan fingerprint density at radius 1 is 1.47 bits per heavy atom. The first-order valence-electron chi connectivity index (χ1n) is 5.54. The topological polar surface area (TPSA) is 29.3 Å². The molecule has 0 radical (unpaired) electrons. The summed E-state index contributed by atoms with van der Waals surface area (Å²) in [5.41, 5.74) is 7.98. The van der Waals surface area contributed by atoms with E-state index in [1.807, 2.05) is 6.07 Å². The van der Waals surface area contributed by atoms with Crippen LogP contribution in [-0.2, 0) is 0 Å². The van der Waals surface area contributed by atoms with Crippen molar-refractivity contribution in [2.75, 3.05) is 17.2 Å². The first kappa shape index (κ1) is 11.0. The van der Waals surface area contributed by atoms with Gasteiger partial charge in [-0.05, 0) is 60.1 Å². The van der Waals surface area contributed by atoms with E-state index in [9.17, 15) is 0 Å². The van der Waals surface area contributed by atoms with Gasteiger partial charge in [0.1, 0.15) is 0 Å². The lowest BCUT2D eigenvalue weighted by Crippen LogP contribution is -2.27. The van der Waals surface area contributed by atoms with Gasteiger partial charge in [0.15, 0.2) is 0 Å². The summed E-state index contributed by atoms with van der Waals surface area (Å²) in [4.78, 5) is 2.53. The van der Waals surface area contributed by atoms with Crippen LogP contribution in [-0.4, -0.2) is 12.6 Å². The van der Waals surface area contributed by atoms with Crippen molar-refractivity contribution in [2.45, 2.75) is 32.2 Å². The first-order chi connectivity index (χ1) is 7.22. The Labute approximate surface area is 105 Å². The molecule has 1 aliphatic rings. The predicted octanol–water partition coefficient (Wildman–Crippen LogP) is 3.25. The minimum absolute atomic E-state index is 0.780. The zero-order chi connectivity index (χ0) is 10.8. The van der Waals surface area contributed by atoms with Gasteiger partial charge in [0.25, 0.3) is 0 Å². The van der Waals surface area contributed by atoms with Crippen LogP contribution in [0.15, 0.2) is 18.2 Å². The third-order valence-corrected chi connectivity index (χ3v) is 3.60. The highest BCUT2D eigenvalue weighted by atomic mass is 127. The summed E-state index contributed by atoms with van der Waals surface area (Å²) in [5, 5.41) is 0. The summed E-state index contributed by atoms with van der Waals surface area (Å²) in [5.74, 6) is 0. The average molecular weight is 316 g/mol. The smallest absolute Gasteiger partial charge is 0.0505 e. The van der Waals surface area contributed by atoms with E-state index in [-0.39, 0.29) is 0 Å². The highest BCUT2D eigenvalue weighted by molar-refractivity contribution is 14.1. The van der Waals surface area contributed by atoms with Gasteiger partial charge in [-0.25, -0.2) is 0 Å². The molecule has 15 heavy (non-hydrogen) atoms. The highest BCUT2D eigenvalue weighted by Crippen LogP contribution is 2.34. The molecule has 3 heteroatoms. The van der Waals surface area contributed by atoms with Crippen LogP contribution in [0, 0.1) is 3.57 Å². The lowest BCUT2D eigenvalue weighted by Gasteiger charge is -2.25. The van der Waals surface area contributed by atoms with E-state index in [0.29, 0.717) is 0 Å². The largest absolute Gasteiger partial charge is 0.399 e. The summed E-state index contributed by atoms with van der Waals surface area (Å²) in [6.45, 7) is 3.39. The molecule has 1 aromatic rings. The Hall–Kier alpha value is -0.450. The van der Waals surface area contributed by atoms with Crippen LogP contribution in [0.25, 0.3) is 0 Å². The van der Waals surface area contributed by atoms with Crippen LogP contribution in [0.3, 0.4) is 0 Å². The second kappa shape index (κ2) is 4.60. The van der Waals surface area contributed by atoms with Crippen molar-refractivity contribution in [3.63, 3.8) is 0 Å². The lowest BCUT2D eigenvalue weighted by atomic mass is 10.2. The molecular weight excluding hydrogens is 299 g/mol. The molecule has 2 N–H and O–H groups in total. The normalized spacial score (nSPS) is 15.3. The number of halogens is 1. The van der Waals surface area contributed by atoms with Crippen molar-refractivity contribution in [1.82, 2.24) is 0 Å². The SMILES string of the molecule is CCCN(c1ccc(N)cc1I)C1CC1. The van der Waals surface area contributed by atoms with Crippen molar-refractivity contribution in [3.8, 4) is 0 Å². The minimum Gasteiger partial charge on any atom is -0.399 e. The third kappa shape index (κ3) is 2.56. The Kier molecular flexibility index (Phi) is 3.38. The molecule has 0 amide bonds. The van der Waals surface area contributed by atoms with E-state index >= 15 is 0 Å². The van der Waals surface area contributed by atoms with Gasteiger partial charge in [0.2, 0.25) is 0 Å². The fourth-order valence-corrected chi connectivity index (χ4v) is 2.73. The number of hydrogen-bond donors (Lipinski definition) is 1. The maximum Gasteiger partial charge on any atom is 0.0505 e. The molecule has 0 heterocycles. The summed E-state index contributed by atoms with van der Waals surface area (Å²) < 4.78 is 1.27. The monoisotopic (exact) mass is 316 g/mol. The minimum atomic E-state index is 0.780. The van der Waals surface area contributed by atoms with E-state index in [2.05, 4.69) is 46.5 Å². The van der Waals surface area contributed by atoms with Crippen LogP contribution >= 0.6 is 22.6 Å². The van der Waals surface area contributed by atoms with E-state index in [1.165, 1.54) is 28.5 Å². The van der Waals surface area contributed by atoms with Gasteiger partial charge in [0, 0.05) is 21.8 Å². The van der Waals surface area contributed by atoms with Crippen LogP contribution < -0.4 is 10.6 Å². The number of benzene rings is 1. The van der Waals surface area contributed by atoms with Gasteiger partial charge < -0.3 is 10.6 Å². The van der Waals surface area contributed by atoms with Crippen molar-refractivity contribution < 1.29 is 0 Å². The molecule has 1 saturated carbocycles. The summed E-state index contributed by atoms with van der Waals surface area (Å²) in [6.07, 6.45) is 3.90. The van der Waals surface area contributed by atoms with E-state index in [0.717, 1.165) is 18.3 Å². The van der Waals surface area contributed by atoms with Crippen molar-refractivity contribution in [2.24, 2.45) is 0 Å². The molecule has 0 atom stereocenters. The van der Waals surface area contributed by atoms with E-state index in [4.69, 9.17) is 5.73 Å². The molecule has 1 aliphatic carbocycles. The molecule has 0 spiro atoms. The zero-order valence-electron chi connectivity index (χ0n) is 9.04. The number of anilines is 2. The molecule has 0 bridgehead atoms. The summed E-state index contributed by atoms with van der Waals surface area (Å²) >= 11 is 2.38. The van der Waals surface area contributed by atoms with Crippen LogP contribution in [0.4, 0.5) is 11.4 Å². The standard InChI is InChI=1S/C12H17IN2/c1-2-7-15(10-4-5-10)12-6-3-9(14)8-11(12)13/h3,6,8,10H,2,4-5,7,14H2,1H3. The molecule has 82 valence electrons. The molecule has 0 unspecified atom stereocenters. The third-order valence-electron chi connectivity index (χ3n) is 2.73. The maximum atomic E-state index is 5.77. The van der Waals surface area contributed by atoms with Gasteiger partial charge in [0.05, 0.1) is 5.69 Å². The average Bonchev–Trinajstić information content (AvgIpc) is 2.98. The molecule has 1 fully saturated rings. The lowest BCUT2D eigenvalue weighted by molar-refractivity contribution is 0.761. The fraction of sp³-hybridized carbons (Fsp3) is 0.500. The highest BCUT2D eigenvalue weighted by Gasteiger charge is 2.29. The molecule has 1 aromatic carbocycles. The Morgan fingerprint density at radius 3 is 2.73 bits per heavy atom.